The molecule has 1 saturated carbocycles. The molecule has 1 fully saturated rings. The van der Waals surface area contributed by atoms with E-state index in [2.05, 4.69) is 0 Å². The number of ketones is 2. The van der Waals surface area contributed by atoms with Crippen LogP contribution in [0.15, 0.2) is 24.3 Å². The molecule has 0 N–H and O–H groups in total. The molecular weight excluding hydrogens is 252 g/mol. The number of hydrogen-bond donors (Lipinski definition) is 0. The third-order valence-electron chi connectivity index (χ3n) is 3.16. The highest BCUT2D eigenvalue weighted by Crippen LogP contribution is 2.26. The van der Waals surface area contributed by atoms with Crippen LogP contribution in [0.1, 0.15) is 26.2 Å². The summed E-state index contributed by atoms with van der Waals surface area (Å²) < 4.78 is 5.74. The molecule has 18 heavy (non-hydrogen) atoms. The lowest BCUT2D eigenvalue weighted by molar-refractivity contribution is -0.132. The minimum Gasteiger partial charge on any atom is -0.490 e. The molecule has 0 heterocycles. The summed E-state index contributed by atoms with van der Waals surface area (Å²) in [6, 6.07) is 7.12. The van der Waals surface area contributed by atoms with E-state index in [9.17, 15) is 9.59 Å². The molecule has 0 bridgehead atoms. The first-order valence-corrected chi connectivity index (χ1v) is 6.38. The van der Waals surface area contributed by atoms with Gasteiger partial charge in [0.15, 0.2) is 0 Å². The van der Waals surface area contributed by atoms with E-state index in [4.69, 9.17) is 16.3 Å². The van der Waals surface area contributed by atoms with Crippen molar-refractivity contribution in [2.75, 3.05) is 0 Å². The second-order valence-electron chi connectivity index (χ2n) is 4.70. The van der Waals surface area contributed by atoms with Crippen LogP contribution < -0.4 is 4.74 Å². The lowest BCUT2D eigenvalue weighted by Crippen LogP contribution is -2.32. The van der Waals surface area contributed by atoms with Gasteiger partial charge in [-0.15, -0.1) is 0 Å². The van der Waals surface area contributed by atoms with Gasteiger partial charge < -0.3 is 4.74 Å². The van der Waals surface area contributed by atoms with Crippen LogP contribution in [0, 0.1) is 5.92 Å². The van der Waals surface area contributed by atoms with E-state index in [0.29, 0.717) is 23.6 Å². The Kier molecular flexibility index (Phi) is 4.02. The predicted octanol–water partition coefficient (Wildman–Crippen LogP) is 3.05. The van der Waals surface area contributed by atoms with Gasteiger partial charge in [0.25, 0.3) is 0 Å². The second kappa shape index (κ2) is 5.53. The zero-order valence-corrected chi connectivity index (χ0v) is 10.9. The van der Waals surface area contributed by atoms with E-state index < -0.39 is 0 Å². The Morgan fingerprint density at radius 2 is 1.94 bits per heavy atom. The Morgan fingerprint density at radius 1 is 1.28 bits per heavy atom. The first kappa shape index (κ1) is 13.1. The number of hydrogen-bond acceptors (Lipinski definition) is 3. The van der Waals surface area contributed by atoms with Gasteiger partial charge in [-0.2, -0.15) is 0 Å². The third kappa shape index (κ3) is 3.33. The number of ether oxygens (including phenoxy) is 1. The zero-order valence-electron chi connectivity index (χ0n) is 10.2. The van der Waals surface area contributed by atoms with Gasteiger partial charge >= 0.3 is 0 Å². The molecule has 1 atom stereocenters. The summed E-state index contributed by atoms with van der Waals surface area (Å²) in [7, 11) is 0. The Hall–Kier alpha value is -1.35. The van der Waals surface area contributed by atoms with Gasteiger partial charge in [0.1, 0.15) is 17.3 Å². The molecule has 1 aromatic rings. The Labute approximate surface area is 111 Å². The van der Waals surface area contributed by atoms with E-state index in [1.54, 1.807) is 12.1 Å². The standard InChI is InChI=1S/C14H15ClO3/c1-9(10-5-12(16)8-13(17)6-10)18-14-4-2-3-11(15)7-14/h2-4,7,9-10H,5-6,8H2,1H3. The Morgan fingerprint density at radius 3 is 2.56 bits per heavy atom. The molecule has 1 aliphatic carbocycles. The predicted molar refractivity (Wildman–Crippen MR) is 68.9 cm³/mol. The fourth-order valence-electron chi connectivity index (χ4n) is 2.20. The second-order valence-corrected chi connectivity index (χ2v) is 5.14. The molecular formula is C14H15ClO3. The van der Waals surface area contributed by atoms with Gasteiger partial charge in [-0.05, 0) is 25.1 Å². The summed E-state index contributed by atoms with van der Waals surface area (Å²) in [4.78, 5) is 22.8. The van der Waals surface area contributed by atoms with Crippen LogP contribution >= 0.6 is 11.6 Å². The highest BCUT2D eigenvalue weighted by molar-refractivity contribution is 6.30. The van der Waals surface area contributed by atoms with Crippen molar-refractivity contribution in [2.45, 2.75) is 32.3 Å². The van der Waals surface area contributed by atoms with Crippen molar-refractivity contribution in [3.63, 3.8) is 0 Å². The maximum absolute atomic E-state index is 11.4. The Bertz CT molecular complexity index is 454. The molecule has 1 aliphatic rings. The molecule has 0 aliphatic heterocycles. The van der Waals surface area contributed by atoms with Gasteiger partial charge in [-0.1, -0.05) is 17.7 Å². The summed E-state index contributed by atoms with van der Waals surface area (Å²) in [5.74, 6) is 0.661. The average molecular weight is 267 g/mol. The van der Waals surface area contributed by atoms with E-state index in [-0.39, 0.29) is 30.0 Å². The van der Waals surface area contributed by atoms with Crippen LogP contribution in [0.3, 0.4) is 0 Å². The smallest absolute Gasteiger partial charge is 0.140 e. The number of carbonyl (C=O) groups excluding carboxylic acids is 2. The number of benzene rings is 1. The summed E-state index contributed by atoms with van der Waals surface area (Å²) in [5, 5.41) is 0.607. The van der Waals surface area contributed by atoms with Crippen LogP contribution in [0.25, 0.3) is 0 Å². The fraction of sp³-hybridized carbons (Fsp3) is 0.429. The van der Waals surface area contributed by atoms with Crippen molar-refractivity contribution in [2.24, 2.45) is 5.92 Å². The topological polar surface area (TPSA) is 43.4 Å². The SMILES string of the molecule is CC(Oc1cccc(Cl)c1)C1CC(=O)CC(=O)C1. The van der Waals surface area contributed by atoms with Crippen molar-refractivity contribution >= 4 is 23.2 Å². The molecule has 0 aromatic heterocycles. The van der Waals surface area contributed by atoms with Gasteiger partial charge in [-0.25, -0.2) is 0 Å². The van der Waals surface area contributed by atoms with Crippen molar-refractivity contribution in [1.82, 2.24) is 0 Å². The molecule has 0 spiro atoms. The lowest BCUT2D eigenvalue weighted by atomic mass is 9.84. The molecule has 2 rings (SSSR count). The molecule has 0 saturated heterocycles. The molecule has 96 valence electrons. The van der Waals surface area contributed by atoms with Gasteiger partial charge in [0, 0.05) is 23.8 Å². The van der Waals surface area contributed by atoms with Crippen LogP contribution in [-0.2, 0) is 9.59 Å². The zero-order chi connectivity index (χ0) is 13.1. The maximum Gasteiger partial charge on any atom is 0.140 e. The van der Waals surface area contributed by atoms with Crippen molar-refractivity contribution < 1.29 is 14.3 Å². The Balaban J connectivity index is 2.01. The molecule has 1 aromatic carbocycles. The summed E-state index contributed by atoms with van der Waals surface area (Å²) in [5.41, 5.74) is 0. The summed E-state index contributed by atoms with van der Waals surface area (Å²) in [6.45, 7) is 1.89. The third-order valence-corrected chi connectivity index (χ3v) is 3.39. The lowest BCUT2D eigenvalue weighted by Gasteiger charge is -2.26. The first-order chi connectivity index (χ1) is 8.54. The minimum absolute atomic E-state index is 0.0118. The monoisotopic (exact) mass is 266 g/mol. The van der Waals surface area contributed by atoms with E-state index >= 15 is 0 Å². The van der Waals surface area contributed by atoms with Crippen molar-refractivity contribution in [1.29, 1.82) is 0 Å². The minimum atomic E-state index is -0.170. The van der Waals surface area contributed by atoms with Crippen LogP contribution in [-0.4, -0.2) is 17.7 Å². The molecule has 1 unspecified atom stereocenters. The van der Waals surface area contributed by atoms with E-state index in [1.165, 1.54) is 0 Å². The van der Waals surface area contributed by atoms with E-state index in [0.717, 1.165) is 0 Å². The normalized spacial score (nSPS) is 18.8. The van der Waals surface area contributed by atoms with Gasteiger partial charge in [-0.3, -0.25) is 9.59 Å². The average Bonchev–Trinajstić information content (AvgIpc) is 2.27. The fourth-order valence-corrected chi connectivity index (χ4v) is 2.38. The summed E-state index contributed by atoms with van der Waals surface area (Å²) in [6.07, 6.45) is 0.762. The number of rotatable bonds is 3. The molecule has 3 nitrogen and oxygen atoms in total. The molecule has 4 heteroatoms. The van der Waals surface area contributed by atoms with Crippen molar-refractivity contribution in [3.05, 3.63) is 29.3 Å². The van der Waals surface area contributed by atoms with Crippen molar-refractivity contribution in [3.8, 4) is 5.75 Å². The number of carbonyl (C=O) groups is 2. The molecule has 0 amide bonds. The number of Topliss-reactive ketones (excluding diaryl/α,β-unsaturated/α-hetero) is 2. The quantitative estimate of drug-likeness (QED) is 0.790. The highest BCUT2D eigenvalue weighted by Gasteiger charge is 2.30. The van der Waals surface area contributed by atoms with E-state index in [1.807, 2.05) is 19.1 Å². The highest BCUT2D eigenvalue weighted by atomic mass is 35.5. The van der Waals surface area contributed by atoms with Gasteiger partial charge in [0.2, 0.25) is 0 Å². The van der Waals surface area contributed by atoms with Crippen LogP contribution in [0.4, 0.5) is 0 Å². The largest absolute Gasteiger partial charge is 0.490 e. The van der Waals surface area contributed by atoms with Crippen LogP contribution in [0.2, 0.25) is 5.02 Å². The van der Waals surface area contributed by atoms with Gasteiger partial charge in [0.05, 0.1) is 12.5 Å². The maximum atomic E-state index is 11.4. The molecule has 0 radical (unpaired) electrons. The number of halogens is 1. The van der Waals surface area contributed by atoms with Crippen LogP contribution in [0.5, 0.6) is 5.75 Å². The first-order valence-electron chi connectivity index (χ1n) is 6.00. The summed E-state index contributed by atoms with van der Waals surface area (Å²) >= 11 is 5.87.